The summed E-state index contributed by atoms with van der Waals surface area (Å²) in [4.78, 5) is 2.43. The molecule has 0 N–H and O–H groups in total. The van der Waals surface area contributed by atoms with Gasteiger partial charge in [0.15, 0.2) is 0 Å². The number of halogens is 2. The highest BCUT2D eigenvalue weighted by atomic mass is 35.5. The maximum absolute atomic E-state index is 13.8. The molecule has 4 heteroatoms. The van der Waals surface area contributed by atoms with E-state index in [1.165, 1.54) is 6.07 Å². The summed E-state index contributed by atoms with van der Waals surface area (Å²) >= 11 is 5.78. The van der Waals surface area contributed by atoms with Crippen LogP contribution in [0.2, 0.25) is 5.02 Å². The highest BCUT2D eigenvalue weighted by Gasteiger charge is 2.38. The number of benzene rings is 1. The summed E-state index contributed by atoms with van der Waals surface area (Å²) in [5.41, 5.74) is 0.783. The first-order valence-electron chi connectivity index (χ1n) is 7.36. The largest absolute Gasteiger partial charge is 0.298 e. The average Bonchev–Trinajstić information content (AvgIpc) is 2.41. The molecule has 1 heterocycles. The fraction of sp³-hybridized carbons (Fsp3) is 0.588. The first kappa shape index (κ1) is 16.3. The Balaban J connectivity index is 2.27. The Morgan fingerprint density at radius 1 is 1.33 bits per heavy atom. The van der Waals surface area contributed by atoms with Gasteiger partial charge in [-0.3, -0.25) is 4.90 Å². The fourth-order valence-corrected chi connectivity index (χ4v) is 3.27. The molecule has 1 aliphatic rings. The Kier molecular flexibility index (Phi) is 4.60. The van der Waals surface area contributed by atoms with Gasteiger partial charge in [-0.2, -0.15) is 5.26 Å². The molecule has 1 aliphatic heterocycles. The number of likely N-dealkylation sites (tertiary alicyclic amines) is 1. The number of hydrogen-bond donors (Lipinski definition) is 0. The average molecular weight is 309 g/mol. The topological polar surface area (TPSA) is 27.0 Å². The van der Waals surface area contributed by atoms with Gasteiger partial charge in [0, 0.05) is 17.4 Å². The Morgan fingerprint density at radius 2 is 1.95 bits per heavy atom. The summed E-state index contributed by atoms with van der Waals surface area (Å²) in [6.07, 6.45) is 2.17. The second kappa shape index (κ2) is 5.94. The number of piperidine rings is 1. The predicted molar refractivity (Wildman–Crippen MR) is 83.9 cm³/mol. The molecule has 1 saturated heterocycles. The Labute approximate surface area is 131 Å². The van der Waals surface area contributed by atoms with Crippen molar-refractivity contribution in [2.24, 2.45) is 0 Å². The number of rotatable bonds is 2. The van der Waals surface area contributed by atoms with Crippen LogP contribution in [-0.4, -0.2) is 23.5 Å². The second-order valence-corrected chi connectivity index (χ2v) is 7.31. The molecule has 0 spiro atoms. The lowest BCUT2D eigenvalue weighted by atomic mass is 9.70. The SMILES string of the molecule is CC(C)(C)N1CCC(CC#N)(c2ccc(Cl)c(F)c2)CC1. The lowest BCUT2D eigenvalue weighted by molar-refractivity contribution is 0.0751. The standard InChI is InChI=1S/C17H22ClFN2/c1-16(2,3)21-10-7-17(6-9-20,8-11-21)13-4-5-14(18)15(19)12-13/h4-5,12H,6-8,10-11H2,1-3H3. The number of nitrogens with zero attached hydrogens (tertiary/aromatic N) is 2. The van der Waals surface area contributed by atoms with Crippen molar-refractivity contribution in [2.45, 2.75) is 51.0 Å². The van der Waals surface area contributed by atoms with Crippen LogP contribution in [0, 0.1) is 17.1 Å². The first-order valence-corrected chi connectivity index (χ1v) is 7.74. The van der Waals surface area contributed by atoms with Crippen LogP contribution >= 0.6 is 11.6 Å². The van der Waals surface area contributed by atoms with Gasteiger partial charge in [0.2, 0.25) is 0 Å². The molecule has 0 unspecified atom stereocenters. The van der Waals surface area contributed by atoms with Crippen LogP contribution in [0.1, 0.15) is 45.6 Å². The van der Waals surface area contributed by atoms with Crippen molar-refractivity contribution < 1.29 is 4.39 Å². The Morgan fingerprint density at radius 3 is 2.43 bits per heavy atom. The van der Waals surface area contributed by atoms with Gasteiger partial charge in [0.25, 0.3) is 0 Å². The molecule has 0 radical (unpaired) electrons. The molecule has 0 bridgehead atoms. The van der Waals surface area contributed by atoms with Crippen molar-refractivity contribution in [3.63, 3.8) is 0 Å². The highest BCUT2D eigenvalue weighted by molar-refractivity contribution is 6.30. The van der Waals surface area contributed by atoms with E-state index in [2.05, 4.69) is 31.7 Å². The molecule has 1 aromatic carbocycles. The van der Waals surface area contributed by atoms with Gasteiger partial charge in [-0.05, 0) is 64.4 Å². The van der Waals surface area contributed by atoms with Crippen LogP contribution in [0.5, 0.6) is 0 Å². The smallest absolute Gasteiger partial charge is 0.142 e. The van der Waals surface area contributed by atoms with Crippen LogP contribution < -0.4 is 0 Å². The van der Waals surface area contributed by atoms with E-state index in [9.17, 15) is 9.65 Å². The molecular weight excluding hydrogens is 287 g/mol. The molecule has 0 aliphatic carbocycles. The minimum absolute atomic E-state index is 0.129. The van der Waals surface area contributed by atoms with Crippen molar-refractivity contribution in [1.82, 2.24) is 4.90 Å². The highest BCUT2D eigenvalue weighted by Crippen LogP contribution is 2.40. The monoisotopic (exact) mass is 308 g/mol. The fourth-order valence-electron chi connectivity index (χ4n) is 3.15. The Hall–Kier alpha value is -1.11. The lowest BCUT2D eigenvalue weighted by Crippen LogP contribution is -2.50. The quantitative estimate of drug-likeness (QED) is 0.803. The summed E-state index contributed by atoms with van der Waals surface area (Å²) in [7, 11) is 0. The third-order valence-corrected chi connectivity index (χ3v) is 4.93. The zero-order valence-corrected chi connectivity index (χ0v) is 13.7. The summed E-state index contributed by atoms with van der Waals surface area (Å²) in [6, 6.07) is 7.27. The molecule has 2 nitrogen and oxygen atoms in total. The normalized spacial score (nSPS) is 19.2. The molecule has 0 amide bonds. The van der Waals surface area contributed by atoms with E-state index in [0.29, 0.717) is 6.42 Å². The number of hydrogen-bond acceptors (Lipinski definition) is 2. The summed E-state index contributed by atoms with van der Waals surface area (Å²) < 4.78 is 13.8. The van der Waals surface area contributed by atoms with Crippen molar-refractivity contribution in [2.75, 3.05) is 13.1 Å². The van der Waals surface area contributed by atoms with Gasteiger partial charge in [-0.15, -0.1) is 0 Å². The predicted octanol–water partition coefficient (Wildman–Crippen LogP) is 4.52. The maximum atomic E-state index is 13.8. The van der Waals surface area contributed by atoms with E-state index < -0.39 is 5.82 Å². The minimum atomic E-state index is -0.398. The maximum Gasteiger partial charge on any atom is 0.142 e. The molecule has 0 aromatic heterocycles. The third-order valence-electron chi connectivity index (χ3n) is 4.62. The van der Waals surface area contributed by atoms with Crippen molar-refractivity contribution >= 4 is 11.6 Å². The molecule has 114 valence electrons. The zero-order chi connectivity index (χ0) is 15.7. The lowest BCUT2D eigenvalue weighted by Gasteiger charge is -2.46. The molecule has 2 rings (SSSR count). The van der Waals surface area contributed by atoms with E-state index in [0.717, 1.165) is 31.5 Å². The van der Waals surface area contributed by atoms with E-state index in [1.807, 2.05) is 6.07 Å². The number of nitriles is 1. The summed E-state index contributed by atoms with van der Waals surface area (Å²) in [5, 5.41) is 9.35. The van der Waals surface area contributed by atoms with Gasteiger partial charge in [-0.25, -0.2) is 4.39 Å². The van der Waals surface area contributed by atoms with Gasteiger partial charge in [0.1, 0.15) is 5.82 Å². The van der Waals surface area contributed by atoms with Crippen molar-refractivity contribution in [1.29, 1.82) is 5.26 Å². The minimum Gasteiger partial charge on any atom is -0.298 e. The van der Waals surface area contributed by atoms with Crippen LogP contribution in [0.25, 0.3) is 0 Å². The molecule has 1 aromatic rings. The third kappa shape index (κ3) is 3.39. The second-order valence-electron chi connectivity index (χ2n) is 6.90. The summed E-state index contributed by atoms with van der Waals surface area (Å²) in [5.74, 6) is -0.398. The van der Waals surface area contributed by atoms with Crippen LogP contribution in [0.3, 0.4) is 0 Å². The molecule has 1 fully saturated rings. The van der Waals surface area contributed by atoms with Crippen molar-refractivity contribution in [3.8, 4) is 6.07 Å². The molecule has 0 atom stereocenters. The van der Waals surface area contributed by atoms with E-state index in [4.69, 9.17) is 11.6 Å². The molecule has 21 heavy (non-hydrogen) atoms. The molecule has 0 saturated carbocycles. The zero-order valence-electron chi connectivity index (χ0n) is 12.9. The van der Waals surface area contributed by atoms with Crippen LogP contribution in [0.15, 0.2) is 18.2 Å². The summed E-state index contributed by atoms with van der Waals surface area (Å²) in [6.45, 7) is 8.45. The van der Waals surface area contributed by atoms with Gasteiger partial charge >= 0.3 is 0 Å². The van der Waals surface area contributed by atoms with Gasteiger partial charge in [0.05, 0.1) is 11.1 Å². The van der Waals surface area contributed by atoms with E-state index in [-0.39, 0.29) is 16.0 Å². The Bertz CT molecular complexity index is 549. The van der Waals surface area contributed by atoms with Gasteiger partial charge in [-0.1, -0.05) is 17.7 Å². The van der Waals surface area contributed by atoms with Gasteiger partial charge < -0.3 is 0 Å². The van der Waals surface area contributed by atoms with Crippen molar-refractivity contribution in [3.05, 3.63) is 34.6 Å². The van der Waals surface area contributed by atoms with E-state index in [1.54, 1.807) is 6.07 Å². The van der Waals surface area contributed by atoms with Crippen LogP contribution in [-0.2, 0) is 5.41 Å². The van der Waals surface area contributed by atoms with E-state index >= 15 is 0 Å². The first-order chi connectivity index (χ1) is 9.78. The molecular formula is C17H22ClFN2. The van der Waals surface area contributed by atoms with Crippen LogP contribution in [0.4, 0.5) is 4.39 Å².